The first-order chi connectivity index (χ1) is 8.16. The van der Waals surface area contributed by atoms with Gasteiger partial charge in [-0.1, -0.05) is 0 Å². The van der Waals surface area contributed by atoms with Crippen LogP contribution in [0.4, 0.5) is 0 Å². The standard InChI is InChI=1S/C11H19N3O3/c12-4-1-5-14-10(15)8-13-9-11(16)2-6-17-7-3-11/h13,16H,1-3,5-9H2,(H,14,15). The van der Waals surface area contributed by atoms with Gasteiger partial charge in [0.25, 0.3) is 0 Å². The van der Waals surface area contributed by atoms with Crippen molar-refractivity contribution in [2.24, 2.45) is 0 Å². The van der Waals surface area contributed by atoms with E-state index in [9.17, 15) is 9.90 Å². The predicted octanol–water partition coefficient (Wildman–Crippen LogP) is -0.853. The molecule has 0 radical (unpaired) electrons. The van der Waals surface area contributed by atoms with Gasteiger partial charge in [-0.3, -0.25) is 4.79 Å². The van der Waals surface area contributed by atoms with Crippen molar-refractivity contribution in [3.63, 3.8) is 0 Å². The quantitative estimate of drug-likeness (QED) is 0.526. The molecule has 96 valence electrons. The fourth-order valence-electron chi connectivity index (χ4n) is 1.66. The Balaban J connectivity index is 2.10. The van der Waals surface area contributed by atoms with Gasteiger partial charge in [0.05, 0.1) is 24.6 Å². The summed E-state index contributed by atoms with van der Waals surface area (Å²) >= 11 is 0. The number of nitriles is 1. The third-order valence-corrected chi connectivity index (χ3v) is 2.72. The molecule has 0 aromatic heterocycles. The molecule has 1 aliphatic rings. The number of nitrogens with one attached hydrogen (secondary N) is 2. The highest BCUT2D eigenvalue weighted by atomic mass is 16.5. The molecule has 1 heterocycles. The molecule has 0 atom stereocenters. The second kappa shape index (κ2) is 7.22. The minimum absolute atomic E-state index is 0.157. The highest BCUT2D eigenvalue weighted by molar-refractivity contribution is 5.77. The number of carbonyl (C=O) groups excluding carboxylic acids is 1. The van der Waals surface area contributed by atoms with Crippen molar-refractivity contribution in [1.29, 1.82) is 5.26 Å². The summed E-state index contributed by atoms with van der Waals surface area (Å²) in [4.78, 5) is 11.3. The molecule has 1 aliphatic heterocycles. The average molecular weight is 241 g/mol. The molecule has 3 N–H and O–H groups in total. The number of hydrogen-bond donors (Lipinski definition) is 3. The highest BCUT2D eigenvalue weighted by Gasteiger charge is 2.29. The van der Waals surface area contributed by atoms with Gasteiger partial charge in [-0.25, -0.2) is 0 Å². The molecule has 0 unspecified atom stereocenters. The van der Waals surface area contributed by atoms with Crippen molar-refractivity contribution in [3.05, 3.63) is 0 Å². The number of amides is 1. The van der Waals surface area contributed by atoms with E-state index in [2.05, 4.69) is 10.6 Å². The Labute approximate surface area is 101 Å². The first kappa shape index (κ1) is 13.9. The molecule has 6 heteroatoms. The molecule has 17 heavy (non-hydrogen) atoms. The van der Waals surface area contributed by atoms with Crippen molar-refractivity contribution in [1.82, 2.24) is 10.6 Å². The smallest absolute Gasteiger partial charge is 0.233 e. The average Bonchev–Trinajstić information content (AvgIpc) is 2.30. The molecule has 1 amide bonds. The molecule has 1 rings (SSSR count). The summed E-state index contributed by atoms with van der Waals surface area (Å²) in [6, 6.07) is 1.95. The number of aliphatic hydroxyl groups is 1. The minimum atomic E-state index is -0.759. The van der Waals surface area contributed by atoms with Crippen LogP contribution in [0.3, 0.4) is 0 Å². The Bertz CT molecular complexity index is 282. The zero-order chi connectivity index (χ0) is 12.6. The van der Waals surface area contributed by atoms with E-state index < -0.39 is 5.60 Å². The van der Waals surface area contributed by atoms with Crippen LogP contribution in [-0.4, -0.2) is 49.5 Å². The van der Waals surface area contributed by atoms with E-state index in [0.717, 1.165) is 0 Å². The van der Waals surface area contributed by atoms with Gasteiger partial charge in [0, 0.05) is 39.1 Å². The lowest BCUT2D eigenvalue weighted by Gasteiger charge is -2.32. The number of carbonyl (C=O) groups is 1. The monoisotopic (exact) mass is 241 g/mol. The van der Waals surface area contributed by atoms with E-state index in [-0.39, 0.29) is 12.5 Å². The molecule has 1 saturated heterocycles. The van der Waals surface area contributed by atoms with Gasteiger partial charge in [-0.05, 0) is 0 Å². The van der Waals surface area contributed by atoms with Crippen molar-refractivity contribution in [3.8, 4) is 6.07 Å². The van der Waals surface area contributed by atoms with E-state index in [1.165, 1.54) is 0 Å². The van der Waals surface area contributed by atoms with Crippen LogP contribution < -0.4 is 10.6 Å². The van der Waals surface area contributed by atoms with Gasteiger partial charge in [-0.15, -0.1) is 0 Å². The largest absolute Gasteiger partial charge is 0.388 e. The first-order valence-corrected chi connectivity index (χ1v) is 5.81. The molecule has 0 spiro atoms. The third-order valence-electron chi connectivity index (χ3n) is 2.72. The van der Waals surface area contributed by atoms with Gasteiger partial charge in [0.15, 0.2) is 0 Å². The number of ether oxygens (including phenoxy) is 1. The summed E-state index contributed by atoms with van der Waals surface area (Å²) in [6.07, 6.45) is 1.50. The molecule has 0 aliphatic carbocycles. The van der Waals surface area contributed by atoms with Crippen LogP contribution in [0.15, 0.2) is 0 Å². The van der Waals surface area contributed by atoms with E-state index in [4.69, 9.17) is 10.00 Å². The molecule has 0 saturated carbocycles. The minimum Gasteiger partial charge on any atom is -0.388 e. The van der Waals surface area contributed by atoms with E-state index in [1.54, 1.807) is 0 Å². The fourth-order valence-corrected chi connectivity index (χ4v) is 1.66. The van der Waals surface area contributed by atoms with E-state index in [1.807, 2.05) is 6.07 Å². The Morgan fingerprint density at radius 2 is 2.18 bits per heavy atom. The SMILES string of the molecule is N#CCCNC(=O)CNCC1(O)CCOCC1. The molecule has 1 fully saturated rings. The molecule has 0 bridgehead atoms. The maximum Gasteiger partial charge on any atom is 0.233 e. The lowest BCUT2D eigenvalue weighted by molar-refractivity contribution is -0.120. The summed E-state index contributed by atoms with van der Waals surface area (Å²) < 4.78 is 5.16. The summed E-state index contributed by atoms with van der Waals surface area (Å²) in [5.41, 5.74) is -0.759. The molecule has 0 aromatic rings. The zero-order valence-electron chi connectivity index (χ0n) is 9.87. The van der Waals surface area contributed by atoms with Crippen molar-refractivity contribution < 1.29 is 14.6 Å². The Morgan fingerprint density at radius 3 is 2.82 bits per heavy atom. The highest BCUT2D eigenvalue weighted by Crippen LogP contribution is 2.18. The van der Waals surface area contributed by atoms with Crippen LogP contribution in [0.1, 0.15) is 19.3 Å². The van der Waals surface area contributed by atoms with Crippen molar-refractivity contribution in [2.75, 3.05) is 32.8 Å². The molecule has 6 nitrogen and oxygen atoms in total. The second-order valence-electron chi connectivity index (χ2n) is 4.20. The fraction of sp³-hybridized carbons (Fsp3) is 0.818. The van der Waals surface area contributed by atoms with Crippen LogP contribution in [0.2, 0.25) is 0 Å². The lowest BCUT2D eigenvalue weighted by atomic mass is 9.94. The summed E-state index contributed by atoms with van der Waals surface area (Å²) in [5.74, 6) is -0.157. The van der Waals surface area contributed by atoms with Crippen molar-refractivity contribution >= 4 is 5.91 Å². The normalized spacial score (nSPS) is 18.4. The number of nitrogens with zero attached hydrogens (tertiary/aromatic N) is 1. The van der Waals surface area contributed by atoms with Crippen LogP contribution in [0.25, 0.3) is 0 Å². The molecule has 0 aromatic carbocycles. The van der Waals surface area contributed by atoms with Crippen LogP contribution in [0.5, 0.6) is 0 Å². The summed E-state index contributed by atoms with van der Waals surface area (Å²) in [5, 5.41) is 23.9. The van der Waals surface area contributed by atoms with Crippen molar-refractivity contribution in [2.45, 2.75) is 24.9 Å². The maximum atomic E-state index is 11.3. The van der Waals surface area contributed by atoms with Crippen LogP contribution >= 0.6 is 0 Å². The van der Waals surface area contributed by atoms with Gasteiger partial charge < -0.3 is 20.5 Å². The lowest BCUT2D eigenvalue weighted by Crippen LogP contribution is -2.47. The molecular weight excluding hydrogens is 222 g/mol. The number of hydrogen-bond acceptors (Lipinski definition) is 5. The summed E-state index contributed by atoms with van der Waals surface area (Å²) in [7, 11) is 0. The Morgan fingerprint density at radius 1 is 1.47 bits per heavy atom. The molecular formula is C11H19N3O3. The predicted molar refractivity (Wildman–Crippen MR) is 61.1 cm³/mol. The maximum absolute atomic E-state index is 11.3. The van der Waals surface area contributed by atoms with Crippen LogP contribution in [0, 0.1) is 11.3 Å². The Hall–Kier alpha value is -1.16. The number of rotatable bonds is 6. The zero-order valence-corrected chi connectivity index (χ0v) is 9.87. The second-order valence-corrected chi connectivity index (χ2v) is 4.20. The first-order valence-electron chi connectivity index (χ1n) is 5.81. The third kappa shape index (κ3) is 5.63. The van der Waals surface area contributed by atoms with E-state index in [0.29, 0.717) is 45.6 Å². The van der Waals surface area contributed by atoms with Gasteiger partial charge in [0.1, 0.15) is 0 Å². The van der Waals surface area contributed by atoms with Gasteiger partial charge >= 0.3 is 0 Å². The Kier molecular flexibility index (Phi) is 5.91. The van der Waals surface area contributed by atoms with Gasteiger partial charge in [0.2, 0.25) is 5.91 Å². The summed E-state index contributed by atoms with van der Waals surface area (Å²) in [6.45, 7) is 2.05. The topological polar surface area (TPSA) is 94.4 Å². The van der Waals surface area contributed by atoms with E-state index >= 15 is 0 Å². The van der Waals surface area contributed by atoms with Crippen LogP contribution in [-0.2, 0) is 9.53 Å². The van der Waals surface area contributed by atoms with Gasteiger partial charge in [-0.2, -0.15) is 5.26 Å².